The molecule has 1 aromatic rings. The Morgan fingerprint density at radius 3 is 2.47 bits per heavy atom. The van der Waals surface area contributed by atoms with Gasteiger partial charge in [0.15, 0.2) is 0 Å². The molecule has 1 aromatic carbocycles. The van der Waals surface area contributed by atoms with Gasteiger partial charge in [0.05, 0.1) is 0 Å². The lowest BCUT2D eigenvalue weighted by atomic mass is 9.93. The maximum atomic E-state index is 5.62. The van der Waals surface area contributed by atoms with Crippen molar-refractivity contribution in [3.8, 4) is 0 Å². The highest BCUT2D eigenvalue weighted by atomic mass is 15.2. The van der Waals surface area contributed by atoms with E-state index in [4.69, 9.17) is 5.84 Å². The molecule has 0 heterocycles. The largest absolute Gasteiger partial charge is 0.271 e. The lowest BCUT2D eigenvalue weighted by molar-refractivity contribution is 0.436. The van der Waals surface area contributed by atoms with Crippen LogP contribution in [0.15, 0.2) is 18.2 Å². The molecular weight excluding hydrogens is 184 g/mol. The van der Waals surface area contributed by atoms with Crippen LogP contribution < -0.4 is 11.3 Å². The summed E-state index contributed by atoms with van der Waals surface area (Å²) in [5, 5.41) is 0. The van der Waals surface area contributed by atoms with Crippen molar-refractivity contribution in [3.63, 3.8) is 0 Å². The van der Waals surface area contributed by atoms with E-state index in [2.05, 4.69) is 51.3 Å². The molecule has 1 unspecified atom stereocenters. The average Bonchev–Trinajstić information content (AvgIpc) is 2.18. The zero-order valence-corrected chi connectivity index (χ0v) is 10.2. The quantitative estimate of drug-likeness (QED) is 0.587. The highest BCUT2D eigenvalue weighted by molar-refractivity contribution is 5.32. The third-order valence-corrected chi connectivity index (χ3v) is 2.72. The Hall–Kier alpha value is -0.860. The van der Waals surface area contributed by atoms with E-state index in [1.165, 1.54) is 16.7 Å². The number of hydrazine groups is 1. The summed E-state index contributed by atoms with van der Waals surface area (Å²) in [6.45, 7) is 8.69. The van der Waals surface area contributed by atoms with Gasteiger partial charge in [0, 0.05) is 6.04 Å². The average molecular weight is 206 g/mol. The normalized spacial score (nSPS) is 13.2. The van der Waals surface area contributed by atoms with Crippen LogP contribution in [0.2, 0.25) is 0 Å². The summed E-state index contributed by atoms with van der Waals surface area (Å²) in [5.41, 5.74) is 6.84. The van der Waals surface area contributed by atoms with Crippen molar-refractivity contribution >= 4 is 0 Å². The lowest BCUT2D eigenvalue weighted by Gasteiger charge is -2.20. The maximum absolute atomic E-state index is 5.62. The fraction of sp³-hybridized carbons (Fsp3) is 0.538. The van der Waals surface area contributed by atoms with E-state index >= 15 is 0 Å². The molecule has 15 heavy (non-hydrogen) atoms. The molecule has 1 rings (SSSR count). The molecule has 0 amide bonds. The predicted octanol–water partition coefficient (Wildman–Crippen LogP) is 2.85. The van der Waals surface area contributed by atoms with E-state index < -0.39 is 0 Å². The summed E-state index contributed by atoms with van der Waals surface area (Å²) in [6, 6.07) is 6.80. The molecule has 0 aromatic heterocycles. The molecule has 0 spiro atoms. The van der Waals surface area contributed by atoms with Gasteiger partial charge in [0.25, 0.3) is 0 Å². The van der Waals surface area contributed by atoms with E-state index in [9.17, 15) is 0 Å². The molecule has 0 saturated carbocycles. The highest BCUT2D eigenvalue weighted by Gasteiger charge is 2.13. The zero-order valence-electron chi connectivity index (χ0n) is 10.2. The minimum Gasteiger partial charge on any atom is -0.271 e. The van der Waals surface area contributed by atoms with Crippen LogP contribution >= 0.6 is 0 Å². The smallest absolute Gasteiger partial charge is 0.0465 e. The van der Waals surface area contributed by atoms with Crippen LogP contribution in [-0.4, -0.2) is 0 Å². The number of nitrogens with one attached hydrogen (secondary N) is 1. The standard InChI is InChI=1S/C13H22N2/c1-9(2)7-13(15-14)12-8-10(3)5-6-11(12)4/h5-6,8-9,13,15H,7,14H2,1-4H3. The maximum Gasteiger partial charge on any atom is 0.0465 e. The summed E-state index contributed by atoms with van der Waals surface area (Å²) >= 11 is 0. The molecule has 3 N–H and O–H groups in total. The van der Waals surface area contributed by atoms with Crippen molar-refractivity contribution in [3.05, 3.63) is 34.9 Å². The van der Waals surface area contributed by atoms with E-state index in [0.29, 0.717) is 5.92 Å². The number of aryl methyl sites for hydroxylation is 2. The number of benzene rings is 1. The SMILES string of the molecule is Cc1ccc(C)c(C(CC(C)C)NN)c1. The van der Waals surface area contributed by atoms with Gasteiger partial charge < -0.3 is 0 Å². The van der Waals surface area contributed by atoms with Crippen LogP contribution in [0, 0.1) is 19.8 Å². The Bertz CT molecular complexity index is 318. The summed E-state index contributed by atoms with van der Waals surface area (Å²) in [7, 11) is 0. The Kier molecular flexibility index (Phi) is 4.30. The van der Waals surface area contributed by atoms with Gasteiger partial charge in [-0.15, -0.1) is 0 Å². The summed E-state index contributed by atoms with van der Waals surface area (Å²) < 4.78 is 0. The highest BCUT2D eigenvalue weighted by Crippen LogP contribution is 2.24. The predicted molar refractivity (Wildman–Crippen MR) is 65.4 cm³/mol. The minimum absolute atomic E-state index is 0.268. The van der Waals surface area contributed by atoms with E-state index in [1.807, 2.05) is 0 Å². The van der Waals surface area contributed by atoms with Crippen LogP contribution in [0.5, 0.6) is 0 Å². The fourth-order valence-corrected chi connectivity index (χ4v) is 1.89. The first kappa shape index (κ1) is 12.2. The van der Waals surface area contributed by atoms with Crippen molar-refractivity contribution < 1.29 is 0 Å². The molecule has 0 radical (unpaired) electrons. The molecule has 0 saturated heterocycles. The Balaban J connectivity index is 2.95. The number of hydrogen-bond donors (Lipinski definition) is 2. The van der Waals surface area contributed by atoms with Crippen molar-refractivity contribution in [2.24, 2.45) is 11.8 Å². The second-order valence-corrected chi connectivity index (χ2v) is 4.71. The number of nitrogens with two attached hydrogens (primary N) is 1. The van der Waals surface area contributed by atoms with E-state index in [1.54, 1.807) is 0 Å². The summed E-state index contributed by atoms with van der Waals surface area (Å²) in [4.78, 5) is 0. The van der Waals surface area contributed by atoms with Crippen LogP contribution in [0.1, 0.15) is 43.0 Å². The first-order valence-corrected chi connectivity index (χ1v) is 5.58. The Labute approximate surface area is 92.8 Å². The summed E-state index contributed by atoms with van der Waals surface area (Å²) in [6.07, 6.45) is 1.07. The van der Waals surface area contributed by atoms with Gasteiger partial charge >= 0.3 is 0 Å². The van der Waals surface area contributed by atoms with Gasteiger partial charge in [-0.25, -0.2) is 0 Å². The number of hydrogen-bond acceptors (Lipinski definition) is 2. The first-order valence-electron chi connectivity index (χ1n) is 5.58. The second kappa shape index (κ2) is 5.29. The lowest BCUT2D eigenvalue weighted by Crippen LogP contribution is -2.29. The molecule has 84 valence electrons. The van der Waals surface area contributed by atoms with Crippen molar-refractivity contribution in [2.75, 3.05) is 0 Å². The van der Waals surface area contributed by atoms with Gasteiger partial charge in [0.1, 0.15) is 0 Å². The molecule has 0 bridgehead atoms. The molecular formula is C13H22N2. The van der Waals surface area contributed by atoms with Crippen LogP contribution in [0.25, 0.3) is 0 Å². The second-order valence-electron chi connectivity index (χ2n) is 4.71. The third-order valence-electron chi connectivity index (χ3n) is 2.72. The van der Waals surface area contributed by atoms with Gasteiger partial charge in [-0.3, -0.25) is 11.3 Å². The van der Waals surface area contributed by atoms with Gasteiger partial charge in [0.2, 0.25) is 0 Å². The Morgan fingerprint density at radius 2 is 1.93 bits per heavy atom. The molecule has 1 atom stereocenters. The first-order chi connectivity index (χ1) is 7.04. The van der Waals surface area contributed by atoms with Crippen molar-refractivity contribution in [1.29, 1.82) is 0 Å². The van der Waals surface area contributed by atoms with E-state index in [0.717, 1.165) is 6.42 Å². The molecule has 2 nitrogen and oxygen atoms in total. The van der Waals surface area contributed by atoms with Gasteiger partial charge in [-0.1, -0.05) is 37.6 Å². The summed E-state index contributed by atoms with van der Waals surface area (Å²) in [5.74, 6) is 6.27. The minimum atomic E-state index is 0.268. The molecule has 0 aliphatic rings. The Morgan fingerprint density at radius 1 is 1.27 bits per heavy atom. The monoisotopic (exact) mass is 206 g/mol. The van der Waals surface area contributed by atoms with Gasteiger partial charge in [-0.2, -0.15) is 0 Å². The zero-order chi connectivity index (χ0) is 11.4. The van der Waals surface area contributed by atoms with Crippen LogP contribution in [-0.2, 0) is 0 Å². The number of rotatable bonds is 4. The van der Waals surface area contributed by atoms with Crippen molar-refractivity contribution in [1.82, 2.24) is 5.43 Å². The molecule has 0 aliphatic heterocycles. The van der Waals surface area contributed by atoms with E-state index in [-0.39, 0.29) is 6.04 Å². The van der Waals surface area contributed by atoms with Crippen LogP contribution in [0.3, 0.4) is 0 Å². The van der Waals surface area contributed by atoms with Gasteiger partial charge in [-0.05, 0) is 37.3 Å². The molecule has 0 fully saturated rings. The third kappa shape index (κ3) is 3.33. The molecule has 0 aliphatic carbocycles. The van der Waals surface area contributed by atoms with Crippen molar-refractivity contribution in [2.45, 2.75) is 40.2 Å². The van der Waals surface area contributed by atoms with Crippen LogP contribution in [0.4, 0.5) is 0 Å². The molecule has 2 heteroatoms. The topological polar surface area (TPSA) is 38.0 Å². The fourth-order valence-electron chi connectivity index (χ4n) is 1.89.